The summed E-state index contributed by atoms with van der Waals surface area (Å²) < 4.78 is 13.1. The van der Waals surface area contributed by atoms with Crippen molar-refractivity contribution in [2.24, 2.45) is 5.73 Å². The van der Waals surface area contributed by atoms with Gasteiger partial charge in [0, 0.05) is 11.6 Å². The normalized spacial score (nSPS) is 12.5. The smallest absolute Gasteiger partial charge is 0.129 e. The third-order valence-electron chi connectivity index (χ3n) is 1.93. The highest BCUT2D eigenvalue weighted by Crippen LogP contribution is 2.19. The Labute approximate surface area is 76.5 Å². The lowest BCUT2D eigenvalue weighted by Gasteiger charge is -2.11. The van der Waals surface area contributed by atoms with Crippen molar-refractivity contribution < 1.29 is 9.50 Å². The van der Waals surface area contributed by atoms with Crippen LogP contribution in [0.5, 0.6) is 0 Å². The van der Waals surface area contributed by atoms with Crippen molar-refractivity contribution in [2.75, 3.05) is 0 Å². The molecule has 0 radical (unpaired) electrons. The average molecular weight is 181 g/mol. The van der Waals surface area contributed by atoms with Gasteiger partial charge in [-0.15, -0.1) is 6.58 Å². The van der Waals surface area contributed by atoms with Gasteiger partial charge in [-0.2, -0.15) is 0 Å². The van der Waals surface area contributed by atoms with E-state index in [0.29, 0.717) is 5.56 Å². The summed E-state index contributed by atoms with van der Waals surface area (Å²) >= 11 is 0. The minimum atomic E-state index is -0.433. The third kappa shape index (κ3) is 1.94. The highest BCUT2D eigenvalue weighted by Gasteiger charge is 2.10. The molecule has 0 amide bonds. The minimum Gasteiger partial charge on any atom is -0.392 e. The molecule has 0 aliphatic rings. The van der Waals surface area contributed by atoms with Gasteiger partial charge in [0.1, 0.15) is 5.82 Å². The van der Waals surface area contributed by atoms with Gasteiger partial charge in [-0.25, -0.2) is 4.39 Å². The van der Waals surface area contributed by atoms with Gasteiger partial charge < -0.3 is 10.8 Å². The van der Waals surface area contributed by atoms with Crippen LogP contribution in [0, 0.1) is 5.82 Å². The second-order valence-corrected chi connectivity index (χ2v) is 2.73. The molecule has 3 heteroatoms. The molecular formula is C10H12FNO. The van der Waals surface area contributed by atoms with Crippen LogP contribution in [0.1, 0.15) is 17.2 Å². The maximum atomic E-state index is 13.1. The summed E-state index contributed by atoms with van der Waals surface area (Å²) in [6.07, 6.45) is 1.51. The van der Waals surface area contributed by atoms with E-state index in [1.54, 1.807) is 12.1 Å². The highest BCUT2D eigenvalue weighted by atomic mass is 19.1. The summed E-state index contributed by atoms with van der Waals surface area (Å²) in [5.41, 5.74) is 6.47. The van der Waals surface area contributed by atoms with Crippen molar-refractivity contribution in [3.05, 3.63) is 47.8 Å². The van der Waals surface area contributed by atoms with Crippen LogP contribution in [-0.4, -0.2) is 5.11 Å². The molecule has 1 aromatic carbocycles. The molecule has 1 atom stereocenters. The predicted molar refractivity (Wildman–Crippen MR) is 49.4 cm³/mol. The van der Waals surface area contributed by atoms with Gasteiger partial charge >= 0.3 is 0 Å². The van der Waals surface area contributed by atoms with Crippen molar-refractivity contribution >= 4 is 0 Å². The molecule has 0 unspecified atom stereocenters. The van der Waals surface area contributed by atoms with E-state index >= 15 is 0 Å². The van der Waals surface area contributed by atoms with Crippen molar-refractivity contribution in [1.29, 1.82) is 0 Å². The number of rotatable bonds is 3. The van der Waals surface area contributed by atoms with Crippen molar-refractivity contribution in [3.63, 3.8) is 0 Å². The second-order valence-electron chi connectivity index (χ2n) is 2.73. The fourth-order valence-electron chi connectivity index (χ4n) is 1.18. The Bertz CT molecular complexity index is 312. The topological polar surface area (TPSA) is 46.2 Å². The zero-order chi connectivity index (χ0) is 9.84. The van der Waals surface area contributed by atoms with Gasteiger partial charge in [0.15, 0.2) is 0 Å². The summed E-state index contributed by atoms with van der Waals surface area (Å²) in [7, 11) is 0. The fourth-order valence-corrected chi connectivity index (χ4v) is 1.18. The van der Waals surface area contributed by atoms with Crippen molar-refractivity contribution in [1.82, 2.24) is 0 Å². The lowest BCUT2D eigenvalue weighted by molar-refractivity contribution is 0.274. The number of aliphatic hydroxyl groups excluding tert-OH is 1. The van der Waals surface area contributed by atoms with Crippen LogP contribution in [0.2, 0.25) is 0 Å². The van der Waals surface area contributed by atoms with Gasteiger partial charge in [0.25, 0.3) is 0 Å². The molecule has 0 aliphatic heterocycles. The van der Waals surface area contributed by atoms with Gasteiger partial charge in [-0.3, -0.25) is 0 Å². The Morgan fingerprint density at radius 2 is 2.31 bits per heavy atom. The van der Waals surface area contributed by atoms with Crippen LogP contribution in [0.4, 0.5) is 4.39 Å². The molecule has 0 saturated carbocycles. The molecule has 70 valence electrons. The van der Waals surface area contributed by atoms with E-state index in [1.807, 2.05) is 0 Å². The first-order valence-electron chi connectivity index (χ1n) is 3.97. The SMILES string of the molecule is C=C[C@H](N)c1cccc(F)c1CO. The zero-order valence-corrected chi connectivity index (χ0v) is 7.20. The molecule has 0 heterocycles. The molecule has 0 spiro atoms. The summed E-state index contributed by atoms with van der Waals surface area (Å²) in [4.78, 5) is 0. The average Bonchev–Trinajstić information content (AvgIpc) is 2.16. The van der Waals surface area contributed by atoms with E-state index < -0.39 is 11.9 Å². The summed E-state index contributed by atoms with van der Waals surface area (Å²) in [6.45, 7) is 3.17. The lowest BCUT2D eigenvalue weighted by Crippen LogP contribution is -2.10. The molecule has 0 aromatic heterocycles. The molecule has 0 fully saturated rings. The van der Waals surface area contributed by atoms with Crippen molar-refractivity contribution in [2.45, 2.75) is 12.6 Å². The van der Waals surface area contributed by atoms with E-state index in [2.05, 4.69) is 6.58 Å². The standard InChI is InChI=1S/C10H12FNO/c1-2-10(12)7-4-3-5-9(11)8(7)6-13/h2-5,10,13H,1,6,12H2/t10-/m0/s1. The molecule has 1 aromatic rings. The van der Waals surface area contributed by atoms with Crippen LogP contribution >= 0.6 is 0 Å². The molecule has 3 N–H and O–H groups in total. The number of hydrogen-bond donors (Lipinski definition) is 2. The number of nitrogens with two attached hydrogens (primary N) is 1. The number of hydrogen-bond acceptors (Lipinski definition) is 2. The van der Waals surface area contributed by atoms with Gasteiger partial charge in [0.2, 0.25) is 0 Å². The van der Waals surface area contributed by atoms with Gasteiger partial charge in [-0.05, 0) is 11.6 Å². The van der Waals surface area contributed by atoms with Crippen LogP contribution < -0.4 is 5.73 Å². The number of benzene rings is 1. The fraction of sp³-hybridized carbons (Fsp3) is 0.200. The molecule has 0 bridgehead atoms. The Kier molecular flexibility index (Phi) is 3.17. The van der Waals surface area contributed by atoms with E-state index in [1.165, 1.54) is 12.1 Å². The van der Waals surface area contributed by atoms with E-state index in [4.69, 9.17) is 10.8 Å². The van der Waals surface area contributed by atoms with Crippen LogP contribution in [-0.2, 0) is 6.61 Å². The summed E-state index contributed by atoms with van der Waals surface area (Å²) in [6, 6.07) is 4.11. The second kappa shape index (κ2) is 4.16. The quantitative estimate of drug-likeness (QED) is 0.694. The van der Waals surface area contributed by atoms with Gasteiger partial charge in [-0.1, -0.05) is 18.2 Å². The maximum Gasteiger partial charge on any atom is 0.129 e. The number of halogens is 1. The van der Waals surface area contributed by atoms with Crippen LogP contribution in [0.3, 0.4) is 0 Å². The Morgan fingerprint density at radius 1 is 1.62 bits per heavy atom. The van der Waals surface area contributed by atoms with Gasteiger partial charge in [0.05, 0.1) is 6.61 Å². The molecule has 2 nitrogen and oxygen atoms in total. The first-order chi connectivity index (χ1) is 6.20. The predicted octanol–water partition coefficient (Wildman–Crippen LogP) is 1.50. The first-order valence-corrected chi connectivity index (χ1v) is 3.97. The molecule has 0 aliphatic carbocycles. The van der Waals surface area contributed by atoms with E-state index in [0.717, 1.165) is 0 Å². The Hall–Kier alpha value is -1.19. The number of aliphatic hydroxyl groups is 1. The largest absolute Gasteiger partial charge is 0.392 e. The first kappa shape index (κ1) is 9.89. The van der Waals surface area contributed by atoms with Crippen LogP contribution in [0.25, 0.3) is 0 Å². The maximum absolute atomic E-state index is 13.1. The molecule has 0 saturated heterocycles. The van der Waals surface area contributed by atoms with Crippen molar-refractivity contribution in [3.8, 4) is 0 Å². The zero-order valence-electron chi connectivity index (χ0n) is 7.20. The lowest BCUT2D eigenvalue weighted by atomic mass is 10.0. The van der Waals surface area contributed by atoms with Crippen LogP contribution in [0.15, 0.2) is 30.9 Å². The Balaban J connectivity index is 3.19. The molecule has 1 rings (SSSR count). The monoisotopic (exact) mass is 181 g/mol. The Morgan fingerprint density at radius 3 is 2.85 bits per heavy atom. The summed E-state index contributed by atoms with van der Waals surface area (Å²) in [5, 5.41) is 8.91. The molecule has 13 heavy (non-hydrogen) atoms. The minimum absolute atomic E-state index is 0.245. The summed E-state index contributed by atoms with van der Waals surface area (Å²) in [5.74, 6) is -0.433. The van der Waals surface area contributed by atoms with E-state index in [9.17, 15) is 4.39 Å². The van der Waals surface area contributed by atoms with E-state index in [-0.39, 0.29) is 12.2 Å². The highest BCUT2D eigenvalue weighted by molar-refractivity contribution is 5.32. The third-order valence-corrected chi connectivity index (χ3v) is 1.93. The molecular weight excluding hydrogens is 169 g/mol.